The van der Waals surface area contributed by atoms with Crippen molar-refractivity contribution in [2.24, 2.45) is 5.73 Å². The van der Waals surface area contributed by atoms with Crippen molar-refractivity contribution in [2.75, 3.05) is 13.1 Å². The Labute approximate surface area is 245 Å². The van der Waals surface area contributed by atoms with Crippen molar-refractivity contribution >= 4 is 23.8 Å². The summed E-state index contributed by atoms with van der Waals surface area (Å²) in [6.07, 6.45) is 7.56. The second kappa shape index (κ2) is 18.9. The van der Waals surface area contributed by atoms with E-state index in [0.29, 0.717) is 18.5 Å². The first-order chi connectivity index (χ1) is 19.4. The second-order valence-corrected chi connectivity index (χ2v) is 11.5. The molecule has 2 atom stereocenters. The standard InChI is InChI=1S/C31H52N4O6/c1-6-8-10-11-12-14-21-35(29(39)25(18-19-26(32)37)34-30(40)41-31(3,4)5)27(23-16-15-17-24(36)22-23)28(38)33-20-13-9-7-2/h15-17,22,25,27,36H,6-14,18-21H2,1-5H3,(H2,32,37)(H,33,38)(H,34,40). The first-order valence-electron chi connectivity index (χ1n) is 15.0. The number of unbranched alkanes of at least 4 members (excludes halogenated alkanes) is 7. The number of rotatable bonds is 19. The average molecular weight is 577 g/mol. The molecule has 0 radical (unpaired) electrons. The lowest BCUT2D eigenvalue weighted by atomic mass is 10.00. The van der Waals surface area contributed by atoms with Crippen LogP contribution in [0.4, 0.5) is 4.79 Å². The Balaban J connectivity index is 3.42. The minimum absolute atomic E-state index is 0.0320. The number of primary amides is 1. The summed E-state index contributed by atoms with van der Waals surface area (Å²) in [5.74, 6) is -1.55. The number of nitrogens with two attached hydrogens (primary N) is 1. The maximum atomic E-state index is 14.2. The molecule has 4 amide bonds. The summed E-state index contributed by atoms with van der Waals surface area (Å²) in [4.78, 5) is 53.6. The van der Waals surface area contributed by atoms with Gasteiger partial charge in [0.25, 0.3) is 0 Å². The molecule has 0 saturated heterocycles. The van der Waals surface area contributed by atoms with Crippen LogP contribution in [-0.2, 0) is 19.1 Å². The normalized spacial score (nSPS) is 12.7. The number of nitrogens with one attached hydrogen (secondary N) is 2. The van der Waals surface area contributed by atoms with Gasteiger partial charge in [-0.1, -0.05) is 70.9 Å². The van der Waals surface area contributed by atoms with Crippen LogP contribution in [-0.4, -0.2) is 58.6 Å². The van der Waals surface area contributed by atoms with Gasteiger partial charge in [-0.3, -0.25) is 14.4 Å². The highest BCUT2D eigenvalue weighted by Gasteiger charge is 2.36. The van der Waals surface area contributed by atoms with Crippen molar-refractivity contribution in [2.45, 2.75) is 123 Å². The average Bonchev–Trinajstić information content (AvgIpc) is 2.88. The molecule has 0 aromatic heterocycles. The second-order valence-electron chi connectivity index (χ2n) is 11.5. The summed E-state index contributed by atoms with van der Waals surface area (Å²) in [6, 6.07) is 4.08. The van der Waals surface area contributed by atoms with Gasteiger partial charge in [0, 0.05) is 19.5 Å². The number of aromatic hydroxyl groups is 1. The molecule has 0 aliphatic heterocycles. The van der Waals surface area contributed by atoms with Gasteiger partial charge in [0.2, 0.25) is 17.7 Å². The number of hydrogen-bond acceptors (Lipinski definition) is 6. The molecule has 0 saturated carbocycles. The third-order valence-corrected chi connectivity index (χ3v) is 6.53. The highest BCUT2D eigenvalue weighted by molar-refractivity contribution is 5.92. The quantitative estimate of drug-likeness (QED) is 0.169. The molecule has 232 valence electrons. The zero-order valence-corrected chi connectivity index (χ0v) is 25.7. The molecule has 5 N–H and O–H groups in total. The van der Waals surface area contributed by atoms with Crippen LogP contribution < -0.4 is 16.4 Å². The van der Waals surface area contributed by atoms with Crippen LogP contribution in [0.5, 0.6) is 5.75 Å². The van der Waals surface area contributed by atoms with Crippen LogP contribution in [0.2, 0.25) is 0 Å². The molecular weight excluding hydrogens is 524 g/mol. The number of hydrogen-bond donors (Lipinski definition) is 4. The van der Waals surface area contributed by atoms with Gasteiger partial charge in [0.1, 0.15) is 23.4 Å². The first-order valence-corrected chi connectivity index (χ1v) is 15.0. The number of carbonyl (C=O) groups excluding carboxylic acids is 4. The van der Waals surface area contributed by atoms with E-state index in [1.807, 2.05) is 0 Å². The summed E-state index contributed by atoms with van der Waals surface area (Å²) in [7, 11) is 0. The Morgan fingerprint density at radius 2 is 1.61 bits per heavy atom. The molecule has 1 aromatic carbocycles. The lowest BCUT2D eigenvalue weighted by Gasteiger charge is -2.34. The molecule has 0 bridgehead atoms. The van der Waals surface area contributed by atoms with Crippen molar-refractivity contribution in [3.63, 3.8) is 0 Å². The third kappa shape index (κ3) is 14.8. The van der Waals surface area contributed by atoms with Gasteiger partial charge in [-0.15, -0.1) is 0 Å². The molecule has 2 unspecified atom stereocenters. The number of alkyl carbamates (subject to hydrolysis) is 1. The van der Waals surface area contributed by atoms with Crippen molar-refractivity contribution in [3.05, 3.63) is 29.8 Å². The van der Waals surface area contributed by atoms with Crippen molar-refractivity contribution in [1.29, 1.82) is 0 Å². The van der Waals surface area contributed by atoms with Gasteiger partial charge < -0.3 is 31.1 Å². The molecule has 1 aromatic rings. The first kappa shape index (κ1) is 35.7. The summed E-state index contributed by atoms with van der Waals surface area (Å²) < 4.78 is 5.38. The lowest BCUT2D eigenvalue weighted by Crippen LogP contribution is -2.53. The number of ether oxygens (including phenoxy) is 1. The van der Waals surface area contributed by atoms with E-state index in [-0.39, 0.29) is 31.0 Å². The number of phenolic OH excluding ortho intramolecular Hbond substituents is 1. The summed E-state index contributed by atoms with van der Waals surface area (Å²) in [6.45, 7) is 10.0. The fourth-order valence-corrected chi connectivity index (χ4v) is 4.47. The maximum Gasteiger partial charge on any atom is 0.408 e. The molecule has 10 nitrogen and oxygen atoms in total. The van der Waals surface area contributed by atoms with Gasteiger partial charge >= 0.3 is 6.09 Å². The number of benzene rings is 1. The smallest absolute Gasteiger partial charge is 0.408 e. The van der Waals surface area contributed by atoms with E-state index in [0.717, 1.165) is 51.4 Å². The van der Waals surface area contributed by atoms with Crippen LogP contribution in [0.15, 0.2) is 24.3 Å². The molecule has 0 aliphatic rings. The third-order valence-electron chi connectivity index (χ3n) is 6.53. The number of carbonyl (C=O) groups is 4. The molecule has 0 heterocycles. The van der Waals surface area contributed by atoms with E-state index in [1.165, 1.54) is 17.0 Å². The zero-order valence-electron chi connectivity index (χ0n) is 25.7. The molecule has 10 heteroatoms. The Kier molecular flexibility index (Phi) is 16.5. The predicted octanol–water partition coefficient (Wildman–Crippen LogP) is 5.09. The summed E-state index contributed by atoms with van der Waals surface area (Å²) in [5.41, 5.74) is 5.03. The van der Waals surface area contributed by atoms with Gasteiger partial charge in [0.15, 0.2) is 0 Å². The summed E-state index contributed by atoms with van der Waals surface area (Å²) >= 11 is 0. The SMILES string of the molecule is CCCCCCCCN(C(=O)C(CCC(N)=O)NC(=O)OC(C)(C)C)C(C(=O)NCCCCC)c1cccc(O)c1. The highest BCUT2D eigenvalue weighted by atomic mass is 16.6. The summed E-state index contributed by atoms with van der Waals surface area (Å²) in [5, 5.41) is 15.8. The minimum Gasteiger partial charge on any atom is -0.508 e. The predicted molar refractivity (Wildman–Crippen MR) is 160 cm³/mol. The largest absolute Gasteiger partial charge is 0.508 e. The van der Waals surface area contributed by atoms with Crippen LogP contribution in [0.1, 0.15) is 117 Å². The Hall–Kier alpha value is -3.30. The van der Waals surface area contributed by atoms with Gasteiger partial charge in [0.05, 0.1) is 0 Å². The van der Waals surface area contributed by atoms with E-state index >= 15 is 0 Å². The van der Waals surface area contributed by atoms with E-state index in [4.69, 9.17) is 10.5 Å². The lowest BCUT2D eigenvalue weighted by molar-refractivity contribution is -0.142. The van der Waals surface area contributed by atoms with Gasteiger partial charge in [-0.2, -0.15) is 0 Å². The monoisotopic (exact) mass is 576 g/mol. The zero-order chi connectivity index (χ0) is 30.8. The van der Waals surface area contributed by atoms with Crippen LogP contribution >= 0.6 is 0 Å². The molecular formula is C31H52N4O6. The Morgan fingerprint density at radius 1 is 0.976 bits per heavy atom. The molecule has 1 rings (SSSR count). The van der Waals surface area contributed by atoms with Crippen molar-refractivity contribution < 1.29 is 29.0 Å². The van der Waals surface area contributed by atoms with E-state index < -0.39 is 35.6 Å². The maximum absolute atomic E-state index is 14.2. The van der Waals surface area contributed by atoms with Crippen molar-refractivity contribution in [3.8, 4) is 5.75 Å². The van der Waals surface area contributed by atoms with Gasteiger partial charge in [-0.05, 0) is 57.7 Å². The molecule has 0 fully saturated rings. The van der Waals surface area contributed by atoms with Crippen LogP contribution in [0.3, 0.4) is 0 Å². The number of phenols is 1. The van der Waals surface area contributed by atoms with Crippen LogP contribution in [0, 0.1) is 0 Å². The molecule has 0 aliphatic carbocycles. The van der Waals surface area contributed by atoms with E-state index in [9.17, 15) is 24.3 Å². The van der Waals surface area contributed by atoms with Gasteiger partial charge in [-0.25, -0.2) is 4.79 Å². The van der Waals surface area contributed by atoms with E-state index in [1.54, 1.807) is 32.9 Å². The van der Waals surface area contributed by atoms with Crippen molar-refractivity contribution in [1.82, 2.24) is 15.5 Å². The molecule has 0 spiro atoms. The topological polar surface area (TPSA) is 151 Å². The number of nitrogens with zero attached hydrogens (tertiary/aromatic N) is 1. The Morgan fingerprint density at radius 3 is 2.22 bits per heavy atom. The molecule has 41 heavy (non-hydrogen) atoms. The van der Waals surface area contributed by atoms with Crippen LogP contribution in [0.25, 0.3) is 0 Å². The fourth-order valence-electron chi connectivity index (χ4n) is 4.47. The Bertz CT molecular complexity index is 962. The highest BCUT2D eigenvalue weighted by Crippen LogP contribution is 2.27. The number of amides is 4. The van der Waals surface area contributed by atoms with E-state index in [2.05, 4.69) is 24.5 Å². The fraction of sp³-hybridized carbons (Fsp3) is 0.677. The minimum atomic E-state index is -1.15.